The molecule has 2 N–H and O–H groups in total. The Balaban J connectivity index is 2.16. The van der Waals surface area contributed by atoms with E-state index in [4.69, 9.17) is 10.5 Å². The summed E-state index contributed by atoms with van der Waals surface area (Å²) < 4.78 is 5.77. The molecule has 2 nitrogen and oxygen atoms in total. The van der Waals surface area contributed by atoms with Crippen molar-refractivity contribution in [3.05, 3.63) is 0 Å². The van der Waals surface area contributed by atoms with E-state index in [9.17, 15) is 0 Å². The van der Waals surface area contributed by atoms with Gasteiger partial charge in [-0.2, -0.15) is 0 Å². The van der Waals surface area contributed by atoms with Crippen molar-refractivity contribution in [2.45, 2.75) is 64.7 Å². The first-order valence-electron chi connectivity index (χ1n) is 5.49. The Morgan fingerprint density at radius 2 is 2.08 bits per heavy atom. The summed E-state index contributed by atoms with van der Waals surface area (Å²) in [5.74, 6) is 0.704. The molecule has 0 aliphatic carbocycles. The van der Waals surface area contributed by atoms with Gasteiger partial charge in [0.15, 0.2) is 0 Å². The van der Waals surface area contributed by atoms with Gasteiger partial charge in [-0.1, -0.05) is 6.92 Å². The number of nitrogens with two attached hydrogens (primary N) is 1. The molecular weight excluding hydrogens is 162 g/mol. The fraction of sp³-hybridized carbons (Fsp3) is 1.00. The summed E-state index contributed by atoms with van der Waals surface area (Å²) in [4.78, 5) is 0. The molecule has 4 atom stereocenters. The molecule has 0 aromatic carbocycles. The summed E-state index contributed by atoms with van der Waals surface area (Å²) in [6, 6.07) is 0.328. The second-order valence-corrected chi connectivity index (χ2v) is 4.70. The van der Waals surface area contributed by atoms with E-state index in [0.717, 1.165) is 6.42 Å². The number of ether oxygens (including phenoxy) is 1. The van der Waals surface area contributed by atoms with Gasteiger partial charge in [-0.3, -0.25) is 0 Å². The molecule has 1 saturated heterocycles. The van der Waals surface area contributed by atoms with Crippen molar-refractivity contribution in [3.63, 3.8) is 0 Å². The van der Waals surface area contributed by atoms with Crippen molar-refractivity contribution < 1.29 is 4.74 Å². The Kier molecular flexibility index (Phi) is 4.20. The molecule has 13 heavy (non-hydrogen) atoms. The molecule has 0 saturated carbocycles. The minimum absolute atomic E-state index is 0.328. The summed E-state index contributed by atoms with van der Waals surface area (Å²) in [6.45, 7) is 6.51. The average Bonchev–Trinajstić information content (AvgIpc) is 2.33. The van der Waals surface area contributed by atoms with Crippen LogP contribution in [0.2, 0.25) is 0 Å². The SMILES string of the molecule is CC(N)CC(C)CC1CCC(C)O1. The quantitative estimate of drug-likeness (QED) is 0.729. The molecule has 0 bridgehead atoms. The summed E-state index contributed by atoms with van der Waals surface area (Å²) in [7, 11) is 0. The molecule has 1 aliphatic rings. The highest BCUT2D eigenvalue weighted by Gasteiger charge is 2.23. The zero-order valence-corrected chi connectivity index (χ0v) is 9.12. The van der Waals surface area contributed by atoms with E-state index < -0.39 is 0 Å². The molecule has 0 aromatic rings. The lowest BCUT2D eigenvalue weighted by Gasteiger charge is -2.18. The zero-order chi connectivity index (χ0) is 9.84. The largest absolute Gasteiger partial charge is 0.375 e. The molecule has 1 aliphatic heterocycles. The van der Waals surface area contributed by atoms with Gasteiger partial charge < -0.3 is 10.5 Å². The Labute approximate surface area is 81.8 Å². The summed E-state index contributed by atoms with van der Waals surface area (Å²) in [5.41, 5.74) is 5.75. The lowest BCUT2D eigenvalue weighted by molar-refractivity contribution is 0.0412. The van der Waals surface area contributed by atoms with Crippen LogP contribution in [0, 0.1) is 5.92 Å². The van der Waals surface area contributed by atoms with Gasteiger partial charge >= 0.3 is 0 Å². The smallest absolute Gasteiger partial charge is 0.0582 e. The van der Waals surface area contributed by atoms with Crippen molar-refractivity contribution in [1.82, 2.24) is 0 Å². The minimum Gasteiger partial charge on any atom is -0.375 e. The van der Waals surface area contributed by atoms with Gasteiger partial charge in [-0.25, -0.2) is 0 Å². The van der Waals surface area contributed by atoms with Crippen LogP contribution in [-0.4, -0.2) is 18.2 Å². The van der Waals surface area contributed by atoms with Gasteiger partial charge in [0.1, 0.15) is 0 Å². The average molecular weight is 185 g/mol. The van der Waals surface area contributed by atoms with Crippen molar-refractivity contribution >= 4 is 0 Å². The van der Waals surface area contributed by atoms with Gasteiger partial charge in [-0.05, 0) is 45.4 Å². The Morgan fingerprint density at radius 3 is 2.54 bits per heavy atom. The van der Waals surface area contributed by atoms with Gasteiger partial charge in [-0.15, -0.1) is 0 Å². The maximum atomic E-state index is 5.77. The lowest BCUT2D eigenvalue weighted by Crippen LogP contribution is -2.21. The molecule has 1 rings (SSSR count). The van der Waals surface area contributed by atoms with Gasteiger partial charge in [0.2, 0.25) is 0 Å². The van der Waals surface area contributed by atoms with E-state index in [1.54, 1.807) is 0 Å². The Hall–Kier alpha value is -0.0800. The summed E-state index contributed by atoms with van der Waals surface area (Å²) in [5, 5.41) is 0. The van der Waals surface area contributed by atoms with E-state index in [-0.39, 0.29) is 0 Å². The van der Waals surface area contributed by atoms with E-state index in [2.05, 4.69) is 20.8 Å². The highest BCUT2D eigenvalue weighted by Crippen LogP contribution is 2.25. The van der Waals surface area contributed by atoms with Crippen LogP contribution >= 0.6 is 0 Å². The molecule has 78 valence electrons. The van der Waals surface area contributed by atoms with Gasteiger partial charge in [0.05, 0.1) is 12.2 Å². The second-order valence-electron chi connectivity index (χ2n) is 4.70. The van der Waals surface area contributed by atoms with Crippen LogP contribution in [0.3, 0.4) is 0 Å². The zero-order valence-electron chi connectivity index (χ0n) is 9.12. The highest BCUT2D eigenvalue weighted by molar-refractivity contribution is 4.73. The molecule has 4 unspecified atom stereocenters. The molecule has 2 heteroatoms. The van der Waals surface area contributed by atoms with Gasteiger partial charge in [0.25, 0.3) is 0 Å². The predicted molar refractivity (Wildman–Crippen MR) is 55.6 cm³/mol. The first-order valence-corrected chi connectivity index (χ1v) is 5.49. The first-order chi connectivity index (χ1) is 6.08. The molecule has 0 aromatic heterocycles. The maximum absolute atomic E-state index is 5.77. The molecular formula is C11H23NO. The maximum Gasteiger partial charge on any atom is 0.0582 e. The second kappa shape index (κ2) is 4.97. The molecule has 0 radical (unpaired) electrons. The van der Waals surface area contributed by atoms with Crippen LogP contribution in [0.25, 0.3) is 0 Å². The minimum atomic E-state index is 0.328. The van der Waals surface area contributed by atoms with Crippen LogP contribution < -0.4 is 5.73 Å². The van der Waals surface area contributed by atoms with Crippen LogP contribution in [0.1, 0.15) is 46.5 Å². The van der Waals surface area contributed by atoms with Gasteiger partial charge in [0, 0.05) is 6.04 Å². The Bertz CT molecular complexity index is 147. The van der Waals surface area contributed by atoms with E-state index in [1.807, 2.05) is 0 Å². The fourth-order valence-corrected chi connectivity index (χ4v) is 2.24. The standard InChI is InChI=1S/C11H23NO/c1-8(6-9(2)12)7-11-5-4-10(3)13-11/h8-11H,4-7,12H2,1-3H3. The molecule has 1 heterocycles. The fourth-order valence-electron chi connectivity index (χ4n) is 2.24. The number of rotatable bonds is 4. The van der Waals surface area contributed by atoms with Crippen molar-refractivity contribution in [1.29, 1.82) is 0 Å². The van der Waals surface area contributed by atoms with E-state index in [0.29, 0.717) is 24.2 Å². The predicted octanol–water partition coefficient (Wildman–Crippen LogP) is 2.32. The normalized spacial score (nSPS) is 33.2. The van der Waals surface area contributed by atoms with E-state index in [1.165, 1.54) is 19.3 Å². The highest BCUT2D eigenvalue weighted by atomic mass is 16.5. The van der Waals surface area contributed by atoms with Crippen molar-refractivity contribution in [3.8, 4) is 0 Å². The third kappa shape index (κ3) is 4.10. The van der Waals surface area contributed by atoms with Crippen LogP contribution in [0.15, 0.2) is 0 Å². The van der Waals surface area contributed by atoms with Crippen molar-refractivity contribution in [2.75, 3.05) is 0 Å². The third-order valence-corrected chi connectivity index (χ3v) is 2.76. The van der Waals surface area contributed by atoms with Crippen LogP contribution in [0.4, 0.5) is 0 Å². The number of hydrogen-bond donors (Lipinski definition) is 1. The van der Waals surface area contributed by atoms with E-state index >= 15 is 0 Å². The monoisotopic (exact) mass is 185 g/mol. The molecule has 0 spiro atoms. The van der Waals surface area contributed by atoms with Crippen LogP contribution in [-0.2, 0) is 4.74 Å². The van der Waals surface area contributed by atoms with Crippen LogP contribution in [0.5, 0.6) is 0 Å². The third-order valence-electron chi connectivity index (χ3n) is 2.76. The topological polar surface area (TPSA) is 35.2 Å². The lowest BCUT2D eigenvalue weighted by atomic mass is 9.95. The number of hydrogen-bond acceptors (Lipinski definition) is 2. The summed E-state index contributed by atoms with van der Waals surface area (Å²) in [6.07, 6.45) is 5.76. The Morgan fingerprint density at radius 1 is 1.38 bits per heavy atom. The first kappa shape index (κ1) is 11.0. The molecule has 1 fully saturated rings. The molecule has 0 amide bonds. The van der Waals surface area contributed by atoms with Crippen molar-refractivity contribution in [2.24, 2.45) is 11.7 Å². The summed E-state index contributed by atoms with van der Waals surface area (Å²) >= 11 is 0.